The summed E-state index contributed by atoms with van der Waals surface area (Å²) in [4.78, 5) is 0. The maximum Gasteiger partial charge on any atom is 0.191 e. The summed E-state index contributed by atoms with van der Waals surface area (Å²) in [7, 11) is 0. The van der Waals surface area contributed by atoms with E-state index in [1.165, 1.54) is 11.8 Å². The molecule has 1 saturated carbocycles. The van der Waals surface area contributed by atoms with E-state index in [1.54, 1.807) is 24.5 Å². The number of halogens is 2. The average Bonchev–Trinajstić information content (AvgIpc) is 3.23. The predicted molar refractivity (Wildman–Crippen MR) is 108 cm³/mol. The van der Waals surface area contributed by atoms with Crippen LogP contribution in [-0.2, 0) is 6.54 Å². The molecule has 0 radical (unpaired) electrons. The number of nitrogens with zero attached hydrogens (tertiary/aromatic N) is 3. The first-order chi connectivity index (χ1) is 13.6. The van der Waals surface area contributed by atoms with Gasteiger partial charge < -0.3 is 14.3 Å². The largest absolute Gasteiger partial charge is 0.489 e. The molecule has 3 aromatic rings. The highest BCUT2D eigenvalue weighted by atomic mass is 35.5. The number of hydrogen-bond donors (Lipinski definition) is 1. The summed E-state index contributed by atoms with van der Waals surface area (Å²) in [5.74, 6) is 3.22. The van der Waals surface area contributed by atoms with Gasteiger partial charge in [-0.25, -0.2) is 0 Å². The van der Waals surface area contributed by atoms with Gasteiger partial charge >= 0.3 is 0 Å². The molecule has 1 aliphatic rings. The normalized spacial score (nSPS) is 15.0. The van der Waals surface area contributed by atoms with Crippen molar-refractivity contribution in [3.05, 3.63) is 58.2 Å². The van der Waals surface area contributed by atoms with Crippen LogP contribution in [0.1, 0.15) is 30.3 Å². The van der Waals surface area contributed by atoms with Crippen molar-refractivity contribution < 1.29 is 14.3 Å². The molecule has 148 valence electrons. The summed E-state index contributed by atoms with van der Waals surface area (Å²) < 4.78 is 13.1. The summed E-state index contributed by atoms with van der Waals surface area (Å²) in [5.41, 5.74) is 0. The molecule has 1 aromatic carbocycles. The fourth-order valence-electron chi connectivity index (χ4n) is 2.75. The lowest BCUT2D eigenvalue weighted by Gasteiger charge is -2.13. The van der Waals surface area contributed by atoms with Gasteiger partial charge in [-0.15, -0.1) is 10.2 Å². The van der Waals surface area contributed by atoms with Crippen molar-refractivity contribution in [2.45, 2.75) is 36.6 Å². The molecule has 4 rings (SSSR count). The third kappa shape index (κ3) is 4.84. The number of rotatable bonds is 9. The van der Waals surface area contributed by atoms with Gasteiger partial charge in [0.2, 0.25) is 0 Å². The minimum atomic E-state index is -0.685. The second-order valence-electron chi connectivity index (χ2n) is 6.63. The summed E-state index contributed by atoms with van der Waals surface area (Å²) in [6, 6.07) is 8.79. The van der Waals surface area contributed by atoms with Crippen LogP contribution in [-0.4, -0.2) is 38.3 Å². The summed E-state index contributed by atoms with van der Waals surface area (Å²) in [5, 5.41) is 20.7. The summed E-state index contributed by atoms with van der Waals surface area (Å²) in [6.45, 7) is 0.706. The average molecular weight is 440 g/mol. The lowest BCUT2D eigenvalue weighted by Crippen LogP contribution is -2.20. The van der Waals surface area contributed by atoms with Crippen LogP contribution in [0.25, 0.3) is 0 Å². The number of thioether (sulfide) groups is 1. The standard InChI is InChI=1S/C19H19Cl2N3O3S/c20-13-5-6-17(16(21)8-13)27-10-14(25)11-28-19-23-22-18(12-3-4-12)24(19)9-15-2-1-7-26-15/h1-2,5-8,12,14,25H,3-4,9-11H2. The topological polar surface area (TPSA) is 73.3 Å². The van der Waals surface area contributed by atoms with Gasteiger partial charge in [0, 0.05) is 16.7 Å². The summed E-state index contributed by atoms with van der Waals surface area (Å²) >= 11 is 13.4. The number of aliphatic hydroxyl groups is 1. The van der Waals surface area contributed by atoms with Crippen molar-refractivity contribution in [3.8, 4) is 5.75 Å². The fourth-order valence-corrected chi connectivity index (χ4v) is 4.07. The Bertz CT molecular complexity index is 929. The van der Waals surface area contributed by atoms with Crippen molar-refractivity contribution in [3.63, 3.8) is 0 Å². The minimum Gasteiger partial charge on any atom is -0.489 e. The van der Waals surface area contributed by atoms with Crippen LogP contribution in [0.15, 0.2) is 46.2 Å². The maximum atomic E-state index is 10.3. The summed E-state index contributed by atoms with van der Waals surface area (Å²) in [6.07, 6.45) is 3.25. The molecule has 1 fully saturated rings. The first kappa shape index (κ1) is 19.6. The van der Waals surface area contributed by atoms with E-state index in [9.17, 15) is 5.11 Å². The zero-order chi connectivity index (χ0) is 19.5. The van der Waals surface area contributed by atoms with Crippen LogP contribution in [0.2, 0.25) is 10.0 Å². The number of aliphatic hydroxyl groups excluding tert-OH is 1. The zero-order valence-corrected chi connectivity index (χ0v) is 17.3. The monoisotopic (exact) mass is 439 g/mol. The van der Waals surface area contributed by atoms with Gasteiger partial charge in [-0.2, -0.15) is 0 Å². The molecule has 6 nitrogen and oxygen atoms in total. The Balaban J connectivity index is 1.36. The first-order valence-electron chi connectivity index (χ1n) is 8.94. The Labute approximate surface area is 176 Å². The molecule has 0 bridgehead atoms. The smallest absolute Gasteiger partial charge is 0.191 e. The minimum absolute atomic E-state index is 0.121. The number of furan rings is 1. The van der Waals surface area contributed by atoms with E-state index < -0.39 is 6.10 Å². The molecule has 1 unspecified atom stereocenters. The van der Waals surface area contributed by atoms with Gasteiger partial charge in [0.05, 0.1) is 23.9 Å². The van der Waals surface area contributed by atoms with Crippen LogP contribution < -0.4 is 4.74 Å². The van der Waals surface area contributed by atoms with Gasteiger partial charge in [0.25, 0.3) is 0 Å². The Kier molecular flexibility index (Phi) is 6.16. The highest BCUT2D eigenvalue weighted by Crippen LogP contribution is 2.40. The highest BCUT2D eigenvalue weighted by Gasteiger charge is 2.30. The van der Waals surface area contributed by atoms with Crippen molar-refractivity contribution in [2.24, 2.45) is 0 Å². The number of benzene rings is 1. The molecule has 0 aliphatic heterocycles. The van der Waals surface area contributed by atoms with E-state index in [0.717, 1.165) is 29.6 Å². The second kappa shape index (κ2) is 8.78. The lowest BCUT2D eigenvalue weighted by atomic mass is 10.3. The van der Waals surface area contributed by atoms with Gasteiger partial charge in [0.15, 0.2) is 5.16 Å². The second-order valence-corrected chi connectivity index (χ2v) is 8.46. The molecule has 0 saturated heterocycles. The first-order valence-corrected chi connectivity index (χ1v) is 10.7. The third-order valence-electron chi connectivity index (χ3n) is 4.31. The van der Waals surface area contributed by atoms with Gasteiger partial charge in [-0.1, -0.05) is 35.0 Å². The molecule has 1 N–H and O–H groups in total. The van der Waals surface area contributed by atoms with E-state index in [1.807, 2.05) is 12.1 Å². The Morgan fingerprint density at radius 3 is 2.86 bits per heavy atom. The Morgan fingerprint density at radius 1 is 1.29 bits per heavy atom. The third-order valence-corrected chi connectivity index (χ3v) is 5.95. The molecule has 2 aromatic heterocycles. The number of hydrogen-bond acceptors (Lipinski definition) is 6. The quantitative estimate of drug-likeness (QED) is 0.489. The SMILES string of the molecule is OC(COc1ccc(Cl)cc1Cl)CSc1nnc(C2CC2)n1Cc1ccco1. The predicted octanol–water partition coefficient (Wildman–Crippen LogP) is 4.64. The number of ether oxygens (including phenoxy) is 1. The Morgan fingerprint density at radius 2 is 2.14 bits per heavy atom. The zero-order valence-electron chi connectivity index (χ0n) is 14.9. The van der Waals surface area contributed by atoms with Crippen molar-refractivity contribution in [1.82, 2.24) is 14.8 Å². The van der Waals surface area contributed by atoms with Gasteiger partial charge in [-0.05, 0) is 43.2 Å². The molecule has 9 heteroatoms. The van der Waals surface area contributed by atoms with Crippen LogP contribution in [0.3, 0.4) is 0 Å². The van der Waals surface area contributed by atoms with Crippen LogP contribution in [0.4, 0.5) is 0 Å². The van der Waals surface area contributed by atoms with E-state index in [2.05, 4.69) is 14.8 Å². The molecule has 2 heterocycles. The van der Waals surface area contributed by atoms with Crippen LogP contribution in [0.5, 0.6) is 5.75 Å². The Hall–Kier alpha value is -1.67. The number of aromatic nitrogens is 3. The van der Waals surface area contributed by atoms with Crippen LogP contribution >= 0.6 is 35.0 Å². The highest BCUT2D eigenvalue weighted by molar-refractivity contribution is 7.99. The lowest BCUT2D eigenvalue weighted by molar-refractivity contribution is 0.126. The van der Waals surface area contributed by atoms with E-state index in [0.29, 0.717) is 34.0 Å². The molecule has 0 amide bonds. The molecule has 28 heavy (non-hydrogen) atoms. The van der Waals surface area contributed by atoms with Crippen LogP contribution in [0, 0.1) is 0 Å². The van der Waals surface area contributed by atoms with Crippen molar-refractivity contribution in [2.75, 3.05) is 12.4 Å². The molecule has 1 atom stereocenters. The molecule has 1 aliphatic carbocycles. The van der Waals surface area contributed by atoms with Gasteiger partial charge in [-0.3, -0.25) is 4.57 Å². The van der Waals surface area contributed by atoms with E-state index >= 15 is 0 Å². The van der Waals surface area contributed by atoms with Crippen molar-refractivity contribution in [1.29, 1.82) is 0 Å². The van der Waals surface area contributed by atoms with E-state index in [4.69, 9.17) is 32.4 Å². The van der Waals surface area contributed by atoms with E-state index in [-0.39, 0.29) is 6.61 Å². The fraction of sp³-hybridized carbons (Fsp3) is 0.368. The molecular weight excluding hydrogens is 421 g/mol. The molecule has 0 spiro atoms. The van der Waals surface area contributed by atoms with Crippen molar-refractivity contribution >= 4 is 35.0 Å². The maximum absolute atomic E-state index is 10.3. The molecular formula is C19H19Cl2N3O3S. The van der Waals surface area contributed by atoms with Gasteiger partial charge in [0.1, 0.15) is 23.9 Å².